The number of methoxy groups -OCH3 is 1. The summed E-state index contributed by atoms with van der Waals surface area (Å²) in [5, 5.41) is 0.456. The summed E-state index contributed by atoms with van der Waals surface area (Å²) in [4.78, 5) is 8.65. The van der Waals surface area contributed by atoms with Crippen molar-refractivity contribution in [3.63, 3.8) is 0 Å². The number of aromatic nitrogens is 2. The molecule has 0 radical (unpaired) electrons. The monoisotopic (exact) mass is 274 g/mol. The highest BCUT2D eigenvalue weighted by molar-refractivity contribution is 6.29. The van der Waals surface area contributed by atoms with E-state index in [2.05, 4.69) is 28.2 Å². The number of aryl methyl sites for hydroxylation is 2. The number of halogens is 1. The SMILES string of the molecule is COCc1nc(Cl)cc(-c2ccc3c(c2)CCC3)n1. The summed E-state index contributed by atoms with van der Waals surface area (Å²) in [5.41, 5.74) is 4.85. The topological polar surface area (TPSA) is 35.0 Å². The van der Waals surface area contributed by atoms with Gasteiger partial charge in [0.25, 0.3) is 0 Å². The van der Waals surface area contributed by atoms with Crippen molar-refractivity contribution < 1.29 is 4.74 Å². The molecule has 0 aliphatic heterocycles. The first kappa shape index (κ1) is 12.6. The van der Waals surface area contributed by atoms with E-state index in [0.717, 1.165) is 17.7 Å². The largest absolute Gasteiger partial charge is 0.377 e. The normalized spacial score (nSPS) is 13.6. The lowest BCUT2D eigenvalue weighted by Gasteiger charge is -2.07. The number of fused-ring (bicyclic) bond motifs is 1. The lowest BCUT2D eigenvalue weighted by molar-refractivity contribution is 0.178. The van der Waals surface area contributed by atoms with Gasteiger partial charge in [0.15, 0.2) is 5.82 Å². The number of benzene rings is 1. The Morgan fingerprint density at radius 1 is 1.16 bits per heavy atom. The molecule has 0 spiro atoms. The smallest absolute Gasteiger partial charge is 0.156 e. The van der Waals surface area contributed by atoms with Crippen LogP contribution in [-0.4, -0.2) is 17.1 Å². The average molecular weight is 275 g/mol. The molecule has 0 bridgehead atoms. The second kappa shape index (κ2) is 5.27. The van der Waals surface area contributed by atoms with E-state index in [0.29, 0.717) is 17.6 Å². The zero-order valence-electron chi connectivity index (χ0n) is 10.8. The molecule has 0 unspecified atom stereocenters. The van der Waals surface area contributed by atoms with Gasteiger partial charge in [-0.1, -0.05) is 23.7 Å². The molecule has 0 N–H and O–H groups in total. The van der Waals surface area contributed by atoms with Crippen LogP contribution in [0.4, 0.5) is 0 Å². The quantitative estimate of drug-likeness (QED) is 0.805. The molecule has 1 heterocycles. The van der Waals surface area contributed by atoms with E-state index < -0.39 is 0 Å². The number of rotatable bonds is 3. The van der Waals surface area contributed by atoms with Crippen molar-refractivity contribution in [3.05, 3.63) is 46.4 Å². The summed E-state index contributed by atoms with van der Waals surface area (Å²) in [5.74, 6) is 0.616. The van der Waals surface area contributed by atoms with Crippen LogP contribution in [-0.2, 0) is 24.2 Å². The zero-order valence-corrected chi connectivity index (χ0v) is 11.6. The molecule has 1 aromatic carbocycles. The maximum absolute atomic E-state index is 6.05. The molecule has 3 nitrogen and oxygen atoms in total. The van der Waals surface area contributed by atoms with Crippen LogP contribution in [0.3, 0.4) is 0 Å². The molecular weight excluding hydrogens is 260 g/mol. The third kappa shape index (κ3) is 2.62. The minimum atomic E-state index is 0.374. The molecule has 1 aliphatic rings. The Bertz CT molecular complexity index is 613. The number of ether oxygens (including phenoxy) is 1. The van der Waals surface area contributed by atoms with Crippen molar-refractivity contribution in [1.29, 1.82) is 0 Å². The lowest BCUT2D eigenvalue weighted by Crippen LogP contribution is -1.99. The fourth-order valence-corrected chi connectivity index (χ4v) is 2.74. The van der Waals surface area contributed by atoms with Gasteiger partial charge in [-0.05, 0) is 36.5 Å². The first-order valence-electron chi connectivity index (χ1n) is 6.41. The van der Waals surface area contributed by atoms with Crippen LogP contribution in [0.5, 0.6) is 0 Å². The number of nitrogens with zero attached hydrogens (tertiary/aromatic N) is 2. The van der Waals surface area contributed by atoms with Crippen LogP contribution in [0, 0.1) is 0 Å². The Hall–Kier alpha value is -1.45. The van der Waals surface area contributed by atoms with Crippen LogP contribution in [0.2, 0.25) is 5.15 Å². The van der Waals surface area contributed by atoms with Gasteiger partial charge in [-0.3, -0.25) is 0 Å². The standard InChI is InChI=1S/C15H15ClN2O/c1-19-9-15-17-13(8-14(16)18-15)12-6-5-10-3-2-4-11(10)7-12/h5-8H,2-4,9H2,1H3. The van der Waals surface area contributed by atoms with Gasteiger partial charge in [0.05, 0.1) is 5.69 Å². The van der Waals surface area contributed by atoms with Crippen LogP contribution >= 0.6 is 11.6 Å². The zero-order chi connectivity index (χ0) is 13.2. The Labute approximate surface area is 117 Å². The van der Waals surface area contributed by atoms with Crippen molar-refractivity contribution in [3.8, 4) is 11.3 Å². The first-order valence-corrected chi connectivity index (χ1v) is 6.78. The molecule has 4 heteroatoms. The Morgan fingerprint density at radius 2 is 2.00 bits per heavy atom. The van der Waals surface area contributed by atoms with Gasteiger partial charge in [0.2, 0.25) is 0 Å². The molecule has 1 aliphatic carbocycles. The van der Waals surface area contributed by atoms with Gasteiger partial charge in [-0.15, -0.1) is 0 Å². The van der Waals surface area contributed by atoms with E-state index in [1.54, 1.807) is 13.2 Å². The van der Waals surface area contributed by atoms with Crippen LogP contribution < -0.4 is 0 Å². The fraction of sp³-hybridized carbons (Fsp3) is 0.333. The molecule has 0 fully saturated rings. The van der Waals surface area contributed by atoms with Crippen LogP contribution in [0.15, 0.2) is 24.3 Å². The second-order valence-corrected chi connectivity index (χ2v) is 5.15. The minimum absolute atomic E-state index is 0.374. The fourth-order valence-electron chi connectivity index (χ4n) is 2.54. The van der Waals surface area contributed by atoms with Crippen molar-refractivity contribution in [2.45, 2.75) is 25.9 Å². The van der Waals surface area contributed by atoms with Crippen LogP contribution in [0.1, 0.15) is 23.4 Å². The highest BCUT2D eigenvalue weighted by Crippen LogP contribution is 2.28. The van der Waals surface area contributed by atoms with E-state index in [-0.39, 0.29) is 0 Å². The van der Waals surface area contributed by atoms with Crippen LogP contribution in [0.25, 0.3) is 11.3 Å². The van der Waals surface area contributed by atoms with Gasteiger partial charge >= 0.3 is 0 Å². The summed E-state index contributed by atoms with van der Waals surface area (Å²) in [6.45, 7) is 0.374. The van der Waals surface area contributed by atoms with E-state index in [4.69, 9.17) is 16.3 Å². The van der Waals surface area contributed by atoms with Gasteiger partial charge < -0.3 is 4.74 Å². The molecular formula is C15H15ClN2O. The van der Waals surface area contributed by atoms with Gasteiger partial charge in [0.1, 0.15) is 11.8 Å². The first-order chi connectivity index (χ1) is 9.26. The lowest BCUT2D eigenvalue weighted by atomic mass is 10.0. The molecule has 0 atom stereocenters. The van der Waals surface area contributed by atoms with Gasteiger partial charge in [-0.2, -0.15) is 0 Å². The number of hydrogen-bond acceptors (Lipinski definition) is 3. The Morgan fingerprint density at radius 3 is 2.84 bits per heavy atom. The summed E-state index contributed by atoms with van der Waals surface area (Å²) < 4.78 is 5.06. The molecule has 3 rings (SSSR count). The maximum Gasteiger partial charge on any atom is 0.156 e. The molecule has 98 valence electrons. The minimum Gasteiger partial charge on any atom is -0.377 e. The summed E-state index contributed by atoms with van der Waals surface area (Å²) in [7, 11) is 1.62. The third-order valence-electron chi connectivity index (χ3n) is 3.41. The molecule has 2 aromatic rings. The second-order valence-electron chi connectivity index (χ2n) is 4.76. The average Bonchev–Trinajstić information content (AvgIpc) is 2.85. The highest BCUT2D eigenvalue weighted by Gasteiger charge is 2.13. The summed E-state index contributed by atoms with van der Waals surface area (Å²) >= 11 is 6.05. The Balaban J connectivity index is 2.01. The predicted molar refractivity (Wildman–Crippen MR) is 75.2 cm³/mol. The van der Waals surface area contributed by atoms with E-state index >= 15 is 0 Å². The van der Waals surface area contributed by atoms with Gasteiger partial charge in [0, 0.05) is 18.7 Å². The van der Waals surface area contributed by atoms with Crippen molar-refractivity contribution in [2.24, 2.45) is 0 Å². The maximum atomic E-state index is 6.05. The van der Waals surface area contributed by atoms with Crippen molar-refractivity contribution in [2.75, 3.05) is 7.11 Å². The molecule has 0 saturated carbocycles. The Kier molecular flexibility index (Phi) is 3.49. The summed E-state index contributed by atoms with van der Waals surface area (Å²) in [6, 6.07) is 8.33. The van der Waals surface area contributed by atoms with E-state index in [1.165, 1.54) is 24.0 Å². The van der Waals surface area contributed by atoms with E-state index in [9.17, 15) is 0 Å². The predicted octanol–water partition coefficient (Wildman–Crippen LogP) is 3.43. The van der Waals surface area contributed by atoms with E-state index in [1.807, 2.05) is 0 Å². The highest BCUT2D eigenvalue weighted by atomic mass is 35.5. The molecule has 1 aromatic heterocycles. The van der Waals surface area contributed by atoms with Crippen molar-refractivity contribution in [1.82, 2.24) is 9.97 Å². The number of hydrogen-bond donors (Lipinski definition) is 0. The summed E-state index contributed by atoms with van der Waals surface area (Å²) in [6.07, 6.45) is 3.60. The van der Waals surface area contributed by atoms with Gasteiger partial charge in [-0.25, -0.2) is 9.97 Å². The molecule has 0 saturated heterocycles. The molecule has 0 amide bonds. The van der Waals surface area contributed by atoms with Crippen molar-refractivity contribution >= 4 is 11.6 Å². The third-order valence-corrected chi connectivity index (χ3v) is 3.60. The molecule has 19 heavy (non-hydrogen) atoms.